The lowest BCUT2D eigenvalue weighted by molar-refractivity contribution is -0.138. The van der Waals surface area contributed by atoms with E-state index in [1.807, 2.05) is 25.1 Å². The van der Waals surface area contributed by atoms with Gasteiger partial charge in [0.2, 0.25) is 0 Å². The number of anilines is 2. The molecule has 0 spiro atoms. The summed E-state index contributed by atoms with van der Waals surface area (Å²) in [5.74, 6) is 0.121. The second-order valence-corrected chi connectivity index (χ2v) is 11.9. The number of fused-ring (bicyclic) bond motifs is 1. The van der Waals surface area contributed by atoms with Crippen molar-refractivity contribution in [1.29, 1.82) is 0 Å². The number of carbonyl (C=O) groups excluding carboxylic acids is 1. The van der Waals surface area contributed by atoms with Crippen molar-refractivity contribution in [3.8, 4) is 17.0 Å². The van der Waals surface area contributed by atoms with Crippen molar-refractivity contribution in [2.24, 2.45) is 0 Å². The van der Waals surface area contributed by atoms with Gasteiger partial charge in [0.05, 0.1) is 34.9 Å². The second kappa shape index (κ2) is 10.6. The van der Waals surface area contributed by atoms with Gasteiger partial charge in [0.15, 0.2) is 0 Å². The number of pyridine rings is 1. The fourth-order valence-corrected chi connectivity index (χ4v) is 5.57. The molecule has 13 heteroatoms. The molecular weight excluding hydrogens is 549 g/mol. The first-order valence-electron chi connectivity index (χ1n) is 12.2. The third kappa shape index (κ3) is 6.15. The summed E-state index contributed by atoms with van der Waals surface area (Å²) in [6, 6.07) is 13.6. The quantitative estimate of drug-likeness (QED) is 0.440. The van der Waals surface area contributed by atoms with Gasteiger partial charge in [-0.15, -0.1) is 0 Å². The first-order valence-corrected chi connectivity index (χ1v) is 13.7. The molecule has 0 saturated carbocycles. The summed E-state index contributed by atoms with van der Waals surface area (Å²) in [5, 5.41) is 12.4. The van der Waals surface area contributed by atoms with Crippen LogP contribution in [0.5, 0.6) is 5.75 Å². The molecule has 1 atom stereocenters. The summed E-state index contributed by atoms with van der Waals surface area (Å²) < 4.78 is 74.8. The first-order chi connectivity index (χ1) is 18.6. The van der Waals surface area contributed by atoms with Crippen LogP contribution >= 0.6 is 0 Å². The van der Waals surface area contributed by atoms with Crippen molar-refractivity contribution < 1.29 is 36.2 Å². The van der Waals surface area contributed by atoms with Crippen molar-refractivity contribution in [2.75, 3.05) is 36.4 Å². The third-order valence-electron chi connectivity index (χ3n) is 6.17. The monoisotopic (exact) mass is 578 g/mol. The number of hydrogen-bond donors (Lipinski definition) is 2. The standard InChI is InChI=1S/C27H29F3N4O5S/c1-26(2,36)25(35)31-15-19-16-34(40(37,38)20-8-5-7-18(14-20)27(28,29)30)22-13-17(11-12-23(22)39-19)21-9-6-10-24(32-21)33(3)4/h5-14,19,36H,15-16H2,1-4H3,(H,31,35)/t19-/m0/s1. The maximum absolute atomic E-state index is 13.8. The molecule has 0 fully saturated rings. The van der Waals surface area contributed by atoms with Crippen LogP contribution < -0.4 is 19.3 Å². The van der Waals surface area contributed by atoms with E-state index >= 15 is 0 Å². The Morgan fingerprint density at radius 3 is 2.48 bits per heavy atom. The summed E-state index contributed by atoms with van der Waals surface area (Å²) in [5.41, 5.74) is -1.57. The third-order valence-corrected chi connectivity index (χ3v) is 7.95. The molecule has 214 valence electrons. The molecule has 0 unspecified atom stereocenters. The lowest BCUT2D eigenvalue weighted by atomic mass is 10.1. The van der Waals surface area contributed by atoms with Crippen molar-refractivity contribution >= 4 is 27.4 Å². The van der Waals surface area contributed by atoms with E-state index in [1.165, 1.54) is 13.8 Å². The molecule has 0 aliphatic carbocycles. The van der Waals surface area contributed by atoms with Crippen molar-refractivity contribution in [1.82, 2.24) is 10.3 Å². The fraction of sp³-hybridized carbons (Fsp3) is 0.333. The Hall–Kier alpha value is -3.84. The Labute approximate surface area is 230 Å². The van der Waals surface area contributed by atoms with Crippen LogP contribution in [0.4, 0.5) is 24.7 Å². The highest BCUT2D eigenvalue weighted by molar-refractivity contribution is 7.92. The Bertz CT molecular complexity index is 1520. The SMILES string of the molecule is CN(C)c1cccc(-c2ccc3c(c2)N(S(=O)(=O)c2cccc(C(F)(F)F)c2)C[C@H](CNC(=O)C(C)(C)O)O3)n1. The van der Waals surface area contributed by atoms with Crippen LogP contribution in [0.15, 0.2) is 65.6 Å². The van der Waals surface area contributed by atoms with Crippen molar-refractivity contribution in [2.45, 2.75) is 36.6 Å². The van der Waals surface area contributed by atoms with Gasteiger partial charge in [-0.3, -0.25) is 9.10 Å². The minimum absolute atomic E-state index is 0.108. The Kier molecular flexibility index (Phi) is 7.74. The average Bonchev–Trinajstić information content (AvgIpc) is 2.90. The largest absolute Gasteiger partial charge is 0.484 e. The number of aromatic nitrogens is 1. The number of sulfonamides is 1. The van der Waals surface area contributed by atoms with E-state index in [0.717, 1.165) is 22.5 Å². The zero-order valence-electron chi connectivity index (χ0n) is 22.2. The van der Waals surface area contributed by atoms with Gasteiger partial charge < -0.3 is 20.1 Å². The van der Waals surface area contributed by atoms with E-state index < -0.39 is 44.3 Å². The van der Waals surface area contributed by atoms with E-state index in [0.29, 0.717) is 23.1 Å². The highest BCUT2D eigenvalue weighted by atomic mass is 32.2. The normalized spacial score (nSPS) is 15.7. The Morgan fingerprint density at radius 2 is 1.82 bits per heavy atom. The molecule has 1 aromatic heterocycles. The maximum atomic E-state index is 13.8. The molecule has 0 saturated heterocycles. The number of halogens is 3. The van der Waals surface area contributed by atoms with E-state index in [4.69, 9.17) is 4.74 Å². The maximum Gasteiger partial charge on any atom is 0.416 e. The summed E-state index contributed by atoms with van der Waals surface area (Å²) >= 11 is 0. The van der Waals surface area contributed by atoms with Crippen LogP contribution in [0.2, 0.25) is 0 Å². The molecule has 1 amide bonds. The molecule has 2 aromatic carbocycles. The van der Waals surface area contributed by atoms with Gasteiger partial charge in [-0.05, 0) is 62.4 Å². The van der Waals surface area contributed by atoms with Crippen molar-refractivity contribution in [3.63, 3.8) is 0 Å². The number of rotatable bonds is 7. The first kappa shape index (κ1) is 29.2. The lowest BCUT2D eigenvalue weighted by Gasteiger charge is -2.36. The summed E-state index contributed by atoms with van der Waals surface area (Å²) in [6.45, 7) is 2.12. The fourth-order valence-electron chi connectivity index (χ4n) is 4.02. The van der Waals surface area contributed by atoms with Gasteiger partial charge in [0.25, 0.3) is 15.9 Å². The number of nitrogens with one attached hydrogen (secondary N) is 1. The Balaban J connectivity index is 1.78. The van der Waals surface area contributed by atoms with Crippen LogP contribution in [0.25, 0.3) is 11.3 Å². The predicted molar refractivity (Wildman–Crippen MR) is 144 cm³/mol. The number of ether oxygens (including phenoxy) is 1. The lowest BCUT2D eigenvalue weighted by Crippen LogP contribution is -2.51. The highest BCUT2D eigenvalue weighted by Gasteiger charge is 2.38. The van der Waals surface area contributed by atoms with E-state index in [2.05, 4.69) is 10.3 Å². The summed E-state index contributed by atoms with van der Waals surface area (Å²) in [4.78, 5) is 18.0. The molecule has 2 heterocycles. The number of benzene rings is 2. The predicted octanol–water partition coefficient (Wildman–Crippen LogP) is 3.68. The van der Waals surface area contributed by atoms with Gasteiger partial charge in [-0.25, -0.2) is 13.4 Å². The zero-order valence-corrected chi connectivity index (χ0v) is 23.0. The zero-order chi connectivity index (χ0) is 29.5. The smallest absolute Gasteiger partial charge is 0.416 e. The topological polar surface area (TPSA) is 112 Å². The number of amides is 1. The van der Waals surface area contributed by atoms with Crippen LogP contribution in [0, 0.1) is 0 Å². The van der Waals surface area contributed by atoms with Gasteiger partial charge in [0, 0.05) is 19.7 Å². The highest BCUT2D eigenvalue weighted by Crippen LogP contribution is 2.40. The van der Waals surface area contributed by atoms with Gasteiger partial charge in [-0.2, -0.15) is 13.2 Å². The number of carbonyl (C=O) groups is 1. The van der Waals surface area contributed by atoms with E-state index in [-0.39, 0.29) is 24.5 Å². The summed E-state index contributed by atoms with van der Waals surface area (Å²) in [6.07, 6.45) is -5.64. The molecule has 4 rings (SSSR count). The van der Waals surface area contributed by atoms with E-state index in [9.17, 15) is 31.5 Å². The van der Waals surface area contributed by atoms with Crippen molar-refractivity contribution in [3.05, 3.63) is 66.2 Å². The molecule has 0 bridgehead atoms. The number of alkyl halides is 3. The number of nitrogens with zero attached hydrogens (tertiary/aromatic N) is 3. The van der Waals surface area contributed by atoms with Crippen LogP contribution in [0.1, 0.15) is 19.4 Å². The average molecular weight is 579 g/mol. The molecule has 1 aliphatic heterocycles. The number of hydrogen-bond acceptors (Lipinski definition) is 7. The Morgan fingerprint density at radius 1 is 1.12 bits per heavy atom. The molecule has 3 aromatic rings. The minimum atomic E-state index is -4.74. The molecule has 9 nitrogen and oxygen atoms in total. The van der Waals surface area contributed by atoms with Crippen LogP contribution in [0.3, 0.4) is 0 Å². The number of aliphatic hydroxyl groups is 1. The van der Waals surface area contributed by atoms with Gasteiger partial charge in [0.1, 0.15) is 23.3 Å². The molecule has 1 aliphatic rings. The summed E-state index contributed by atoms with van der Waals surface area (Å²) in [7, 11) is -0.863. The molecule has 40 heavy (non-hydrogen) atoms. The van der Waals surface area contributed by atoms with Crippen LogP contribution in [-0.4, -0.2) is 63.3 Å². The van der Waals surface area contributed by atoms with E-state index in [1.54, 1.807) is 30.3 Å². The van der Waals surface area contributed by atoms with Gasteiger partial charge >= 0.3 is 6.18 Å². The molecular formula is C27H29F3N4O5S. The molecule has 2 N–H and O–H groups in total. The van der Waals surface area contributed by atoms with Gasteiger partial charge in [-0.1, -0.05) is 12.1 Å². The van der Waals surface area contributed by atoms with Crippen LogP contribution in [-0.2, 0) is 21.0 Å². The minimum Gasteiger partial charge on any atom is -0.484 e. The second-order valence-electron chi connectivity index (χ2n) is 10.0. The molecule has 0 radical (unpaired) electrons.